The minimum absolute atomic E-state index is 0.162. The van der Waals surface area contributed by atoms with Gasteiger partial charge in [0, 0.05) is 31.4 Å². The van der Waals surface area contributed by atoms with Gasteiger partial charge in [-0.2, -0.15) is 0 Å². The van der Waals surface area contributed by atoms with Crippen LogP contribution >= 0.6 is 0 Å². The van der Waals surface area contributed by atoms with Crippen LogP contribution in [0.5, 0.6) is 0 Å². The van der Waals surface area contributed by atoms with Crippen LogP contribution in [-0.2, 0) is 0 Å². The Bertz CT molecular complexity index is 419. The van der Waals surface area contributed by atoms with E-state index in [0.29, 0.717) is 12.1 Å². The first-order valence-electron chi connectivity index (χ1n) is 7.33. The van der Waals surface area contributed by atoms with Crippen LogP contribution in [0.2, 0.25) is 0 Å². The summed E-state index contributed by atoms with van der Waals surface area (Å²) in [6.07, 6.45) is 4.25. The number of hydrogen-bond donors (Lipinski definition) is 1. The average molecular weight is 263 g/mol. The third-order valence-corrected chi connectivity index (χ3v) is 3.87. The van der Waals surface area contributed by atoms with Gasteiger partial charge < -0.3 is 14.8 Å². The Kier molecular flexibility index (Phi) is 4.64. The normalized spacial score (nSPS) is 19.7. The molecule has 1 aliphatic heterocycles. The molecule has 4 heteroatoms. The number of likely N-dealkylation sites (N-methyl/N-ethyl adjacent to an activating group) is 1. The monoisotopic (exact) mass is 263 g/mol. The van der Waals surface area contributed by atoms with Crippen molar-refractivity contribution in [1.82, 2.24) is 14.8 Å². The van der Waals surface area contributed by atoms with Crippen molar-refractivity contribution in [3.05, 3.63) is 24.0 Å². The molecule has 1 unspecified atom stereocenters. The first-order chi connectivity index (χ1) is 9.15. The van der Waals surface area contributed by atoms with E-state index in [2.05, 4.69) is 30.7 Å². The van der Waals surface area contributed by atoms with Gasteiger partial charge in [0.2, 0.25) is 0 Å². The van der Waals surface area contributed by atoms with Crippen molar-refractivity contribution >= 4 is 5.91 Å². The van der Waals surface area contributed by atoms with Crippen molar-refractivity contribution < 1.29 is 4.79 Å². The Morgan fingerprint density at radius 3 is 2.95 bits per heavy atom. The van der Waals surface area contributed by atoms with Crippen molar-refractivity contribution in [1.29, 1.82) is 0 Å². The van der Waals surface area contributed by atoms with Gasteiger partial charge in [0.05, 0.1) is 0 Å². The highest BCUT2D eigenvalue weighted by Crippen LogP contribution is 2.17. The number of piperidine rings is 1. The lowest BCUT2D eigenvalue weighted by molar-refractivity contribution is 0.0649. The Morgan fingerprint density at radius 1 is 1.58 bits per heavy atom. The zero-order valence-corrected chi connectivity index (χ0v) is 12.2. The van der Waals surface area contributed by atoms with Gasteiger partial charge >= 0.3 is 0 Å². The van der Waals surface area contributed by atoms with Gasteiger partial charge in [0.15, 0.2) is 0 Å². The molecule has 0 bridgehead atoms. The third-order valence-electron chi connectivity index (χ3n) is 3.87. The molecule has 0 saturated carbocycles. The van der Waals surface area contributed by atoms with Crippen LogP contribution in [0.15, 0.2) is 18.3 Å². The smallest absolute Gasteiger partial charge is 0.270 e. The van der Waals surface area contributed by atoms with Crippen LogP contribution in [0.3, 0.4) is 0 Å². The molecule has 106 valence electrons. The number of nitrogens with one attached hydrogen (secondary N) is 1. The highest BCUT2D eigenvalue weighted by molar-refractivity contribution is 5.93. The van der Waals surface area contributed by atoms with E-state index in [-0.39, 0.29) is 5.91 Å². The fourth-order valence-corrected chi connectivity index (χ4v) is 2.84. The van der Waals surface area contributed by atoms with Crippen LogP contribution < -0.4 is 5.32 Å². The Hall–Kier alpha value is -1.29. The van der Waals surface area contributed by atoms with Crippen LogP contribution in [0.4, 0.5) is 0 Å². The van der Waals surface area contributed by atoms with Crippen molar-refractivity contribution in [2.45, 2.75) is 45.7 Å². The number of amides is 1. The standard InChI is InChI=1S/C15H25N3O/c1-4-17(13-7-5-9-16-11-13)15(19)14-8-6-10-18(14)12(2)3/h6,8,10,12-13,16H,4-5,7,9,11H2,1-3H3. The van der Waals surface area contributed by atoms with E-state index in [9.17, 15) is 4.79 Å². The largest absolute Gasteiger partial charge is 0.341 e. The first-order valence-corrected chi connectivity index (χ1v) is 7.33. The van der Waals surface area contributed by atoms with Crippen LogP contribution in [-0.4, -0.2) is 41.1 Å². The summed E-state index contributed by atoms with van der Waals surface area (Å²) in [5.74, 6) is 0.162. The SMILES string of the molecule is CCN(C(=O)c1cccn1C(C)C)C1CCCNC1. The van der Waals surface area contributed by atoms with Crippen molar-refractivity contribution in [3.8, 4) is 0 Å². The molecule has 1 atom stereocenters. The number of nitrogens with zero attached hydrogens (tertiary/aromatic N) is 2. The summed E-state index contributed by atoms with van der Waals surface area (Å²) < 4.78 is 2.06. The average Bonchev–Trinajstić information content (AvgIpc) is 2.90. The molecule has 1 fully saturated rings. The molecule has 2 rings (SSSR count). The topological polar surface area (TPSA) is 37.3 Å². The van der Waals surface area contributed by atoms with Gasteiger partial charge in [0.25, 0.3) is 5.91 Å². The summed E-state index contributed by atoms with van der Waals surface area (Å²) in [5, 5.41) is 3.39. The van der Waals surface area contributed by atoms with Crippen LogP contribution in [0, 0.1) is 0 Å². The molecule has 1 saturated heterocycles. The maximum Gasteiger partial charge on any atom is 0.270 e. The third kappa shape index (κ3) is 3.00. The van der Waals surface area contributed by atoms with Crippen LogP contribution in [0.25, 0.3) is 0 Å². The van der Waals surface area contributed by atoms with E-state index >= 15 is 0 Å². The van der Waals surface area contributed by atoms with E-state index < -0.39 is 0 Å². The lowest BCUT2D eigenvalue weighted by Gasteiger charge is -2.34. The number of hydrogen-bond acceptors (Lipinski definition) is 2. The second-order valence-corrected chi connectivity index (χ2v) is 5.49. The highest BCUT2D eigenvalue weighted by Gasteiger charge is 2.26. The minimum atomic E-state index is 0.162. The molecule has 0 radical (unpaired) electrons. The van der Waals surface area contributed by atoms with Gasteiger partial charge in [-0.15, -0.1) is 0 Å². The van der Waals surface area contributed by atoms with E-state index in [1.54, 1.807) is 0 Å². The van der Waals surface area contributed by atoms with Gasteiger partial charge in [-0.05, 0) is 52.3 Å². The zero-order valence-electron chi connectivity index (χ0n) is 12.2. The summed E-state index contributed by atoms with van der Waals surface area (Å²) in [4.78, 5) is 14.8. The minimum Gasteiger partial charge on any atom is -0.341 e. The van der Waals surface area contributed by atoms with Crippen molar-refractivity contribution in [2.24, 2.45) is 0 Å². The predicted octanol–water partition coefficient (Wildman–Crippen LogP) is 2.28. The fraction of sp³-hybridized carbons (Fsp3) is 0.667. The summed E-state index contributed by atoms with van der Waals surface area (Å²) >= 11 is 0. The predicted molar refractivity (Wildman–Crippen MR) is 77.4 cm³/mol. The fourth-order valence-electron chi connectivity index (χ4n) is 2.84. The summed E-state index contributed by atoms with van der Waals surface area (Å²) in [5.41, 5.74) is 0.808. The maximum atomic E-state index is 12.7. The number of carbonyl (C=O) groups is 1. The Morgan fingerprint density at radius 2 is 2.37 bits per heavy atom. The molecule has 4 nitrogen and oxygen atoms in total. The number of aromatic nitrogens is 1. The Balaban J connectivity index is 2.17. The molecule has 0 spiro atoms. The van der Waals surface area contributed by atoms with Crippen molar-refractivity contribution in [2.75, 3.05) is 19.6 Å². The van der Waals surface area contributed by atoms with Crippen molar-refractivity contribution in [3.63, 3.8) is 0 Å². The molecule has 1 aliphatic rings. The summed E-state index contributed by atoms with van der Waals surface area (Å²) in [6.45, 7) is 9.04. The molecule has 0 aromatic carbocycles. The molecule has 1 amide bonds. The Labute approximate surface area is 115 Å². The van der Waals surface area contributed by atoms with Gasteiger partial charge in [-0.1, -0.05) is 0 Å². The molecule has 1 aromatic rings. The van der Waals surface area contributed by atoms with Gasteiger partial charge in [-0.25, -0.2) is 0 Å². The van der Waals surface area contributed by atoms with Gasteiger partial charge in [-0.3, -0.25) is 4.79 Å². The van der Waals surface area contributed by atoms with E-state index in [1.807, 2.05) is 23.2 Å². The second kappa shape index (κ2) is 6.24. The summed E-state index contributed by atoms with van der Waals surface area (Å²) in [6, 6.07) is 4.54. The van der Waals surface area contributed by atoms with Gasteiger partial charge in [0.1, 0.15) is 5.69 Å². The molecule has 19 heavy (non-hydrogen) atoms. The molecule has 1 aromatic heterocycles. The number of rotatable bonds is 4. The molecular formula is C15H25N3O. The van der Waals surface area contributed by atoms with E-state index in [4.69, 9.17) is 0 Å². The first kappa shape index (κ1) is 14.1. The van der Waals surface area contributed by atoms with Crippen LogP contribution in [0.1, 0.15) is 50.1 Å². The quantitative estimate of drug-likeness (QED) is 0.905. The zero-order chi connectivity index (χ0) is 13.8. The molecule has 1 N–H and O–H groups in total. The number of carbonyl (C=O) groups excluding carboxylic acids is 1. The summed E-state index contributed by atoms with van der Waals surface area (Å²) in [7, 11) is 0. The second-order valence-electron chi connectivity index (χ2n) is 5.49. The molecule has 2 heterocycles. The lowest BCUT2D eigenvalue weighted by Crippen LogP contribution is -2.49. The maximum absolute atomic E-state index is 12.7. The van der Waals surface area contributed by atoms with E-state index in [0.717, 1.165) is 38.2 Å². The lowest BCUT2D eigenvalue weighted by atomic mass is 10.1. The van der Waals surface area contributed by atoms with E-state index in [1.165, 1.54) is 0 Å². The molecule has 0 aliphatic carbocycles. The highest BCUT2D eigenvalue weighted by atomic mass is 16.2. The molecular weight excluding hydrogens is 238 g/mol.